The van der Waals surface area contributed by atoms with E-state index in [1.54, 1.807) is 12.1 Å². The Labute approximate surface area is 244 Å². The molecule has 1 aromatic heterocycles. The molecule has 0 spiro atoms. The normalized spacial score (nSPS) is 14.3. The summed E-state index contributed by atoms with van der Waals surface area (Å²) in [5.41, 5.74) is 3.79. The smallest absolute Gasteiger partial charge is 0.273 e. The average Bonchev–Trinajstić information content (AvgIpc) is 3.43. The lowest BCUT2D eigenvalue weighted by atomic mass is 10.1. The van der Waals surface area contributed by atoms with Crippen LogP contribution in [0.25, 0.3) is 6.08 Å². The van der Waals surface area contributed by atoms with Crippen molar-refractivity contribution in [2.45, 2.75) is 19.6 Å². The number of aromatic nitrogens is 1. The lowest BCUT2D eigenvalue weighted by Crippen LogP contribution is -2.48. The topological polar surface area (TPSA) is 39.7 Å². The van der Waals surface area contributed by atoms with Crippen LogP contribution in [0.3, 0.4) is 0 Å². The molecule has 0 radical (unpaired) electrons. The average molecular weight is 575 g/mol. The maximum Gasteiger partial charge on any atom is 0.273 e. The number of halogens is 2. The Morgan fingerprint density at radius 1 is 0.925 bits per heavy atom. The number of thiazole rings is 1. The Hall–Kier alpha value is -3.36. The maximum atomic E-state index is 13.5. The van der Waals surface area contributed by atoms with Gasteiger partial charge in [-0.1, -0.05) is 78.4 Å². The van der Waals surface area contributed by atoms with Gasteiger partial charge in [-0.3, -0.25) is 14.6 Å². The fraction of sp³-hybridized carbons (Fsp3) is 0.250. The SMILES string of the molecule is O=C(c1csc(CN(Cc2ccc(F)cc2)Cc2cccc(Cl)c2)n1)N1CCN(CC=Cc2ccccc2)CC1. The van der Waals surface area contributed by atoms with E-state index in [1.807, 2.05) is 52.7 Å². The Morgan fingerprint density at radius 2 is 1.68 bits per heavy atom. The summed E-state index contributed by atoms with van der Waals surface area (Å²) in [7, 11) is 0. The third-order valence-electron chi connectivity index (χ3n) is 6.88. The van der Waals surface area contributed by atoms with Crippen molar-refractivity contribution in [3.8, 4) is 0 Å². The highest BCUT2D eigenvalue weighted by Gasteiger charge is 2.24. The summed E-state index contributed by atoms with van der Waals surface area (Å²) in [4.78, 5) is 24.4. The first kappa shape index (κ1) is 28.2. The molecule has 0 saturated carbocycles. The molecule has 1 saturated heterocycles. The second-order valence-corrected chi connectivity index (χ2v) is 11.3. The van der Waals surface area contributed by atoms with Gasteiger partial charge in [0.2, 0.25) is 0 Å². The van der Waals surface area contributed by atoms with Crippen LogP contribution in [0.1, 0.15) is 32.2 Å². The van der Waals surface area contributed by atoms with Crippen LogP contribution < -0.4 is 0 Å². The summed E-state index contributed by atoms with van der Waals surface area (Å²) >= 11 is 7.72. The van der Waals surface area contributed by atoms with Gasteiger partial charge in [0.25, 0.3) is 5.91 Å². The van der Waals surface area contributed by atoms with Crippen LogP contribution in [0, 0.1) is 5.82 Å². The summed E-state index contributed by atoms with van der Waals surface area (Å²) in [5.74, 6) is -0.264. The number of hydrogen-bond acceptors (Lipinski definition) is 5. The number of carbonyl (C=O) groups is 1. The first-order chi connectivity index (χ1) is 19.5. The zero-order valence-corrected chi connectivity index (χ0v) is 23.8. The quantitative estimate of drug-likeness (QED) is 0.214. The molecule has 0 aliphatic carbocycles. The number of carbonyl (C=O) groups excluding carboxylic acids is 1. The first-order valence-corrected chi connectivity index (χ1v) is 14.7. The van der Waals surface area contributed by atoms with E-state index in [9.17, 15) is 9.18 Å². The molecule has 1 aliphatic rings. The summed E-state index contributed by atoms with van der Waals surface area (Å²) < 4.78 is 13.5. The van der Waals surface area contributed by atoms with E-state index in [1.165, 1.54) is 29.0 Å². The van der Waals surface area contributed by atoms with E-state index in [2.05, 4.69) is 34.1 Å². The van der Waals surface area contributed by atoms with E-state index >= 15 is 0 Å². The van der Waals surface area contributed by atoms with Gasteiger partial charge in [-0.25, -0.2) is 9.37 Å². The van der Waals surface area contributed by atoms with Gasteiger partial charge in [-0.2, -0.15) is 0 Å². The van der Waals surface area contributed by atoms with Crippen molar-refractivity contribution < 1.29 is 9.18 Å². The molecule has 206 valence electrons. The van der Waals surface area contributed by atoms with Crippen molar-refractivity contribution in [2.24, 2.45) is 0 Å². The van der Waals surface area contributed by atoms with Crippen molar-refractivity contribution in [3.63, 3.8) is 0 Å². The minimum atomic E-state index is -0.252. The van der Waals surface area contributed by atoms with E-state index in [4.69, 9.17) is 16.6 Å². The lowest BCUT2D eigenvalue weighted by Gasteiger charge is -2.33. The van der Waals surface area contributed by atoms with Gasteiger partial charge >= 0.3 is 0 Å². The van der Waals surface area contributed by atoms with Gasteiger partial charge in [-0.15, -0.1) is 11.3 Å². The summed E-state index contributed by atoms with van der Waals surface area (Å²) in [5, 5.41) is 3.42. The molecule has 40 heavy (non-hydrogen) atoms. The van der Waals surface area contributed by atoms with Crippen molar-refractivity contribution in [3.05, 3.63) is 129 Å². The fourth-order valence-electron chi connectivity index (χ4n) is 4.78. The Kier molecular flexibility index (Phi) is 9.73. The minimum absolute atomic E-state index is 0.0121. The summed E-state index contributed by atoms with van der Waals surface area (Å²) in [6.45, 7) is 5.78. The number of hydrogen-bond donors (Lipinski definition) is 0. The fourth-order valence-corrected chi connectivity index (χ4v) is 5.80. The Morgan fingerprint density at radius 3 is 2.42 bits per heavy atom. The van der Waals surface area contributed by atoms with E-state index in [0.717, 1.165) is 35.8 Å². The minimum Gasteiger partial charge on any atom is -0.335 e. The van der Waals surface area contributed by atoms with Crippen LogP contribution in [0.4, 0.5) is 4.39 Å². The van der Waals surface area contributed by atoms with Crippen LogP contribution in [0.15, 0.2) is 90.3 Å². The van der Waals surface area contributed by atoms with Gasteiger partial charge < -0.3 is 4.90 Å². The highest BCUT2D eigenvalue weighted by atomic mass is 35.5. The van der Waals surface area contributed by atoms with Gasteiger partial charge in [0.1, 0.15) is 16.5 Å². The van der Waals surface area contributed by atoms with Crippen molar-refractivity contribution in [1.82, 2.24) is 19.7 Å². The van der Waals surface area contributed by atoms with Gasteiger partial charge in [0.15, 0.2) is 0 Å². The number of nitrogens with zero attached hydrogens (tertiary/aromatic N) is 4. The molecule has 4 aromatic rings. The molecule has 0 atom stereocenters. The van der Waals surface area contributed by atoms with E-state index in [0.29, 0.717) is 43.4 Å². The molecule has 0 N–H and O–H groups in total. The first-order valence-electron chi connectivity index (χ1n) is 13.4. The number of benzene rings is 3. The van der Waals surface area contributed by atoms with Crippen LogP contribution in [-0.2, 0) is 19.6 Å². The zero-order valence-electron chi connectivity index (χ0n) is 22.3. The summed E-state index contributed by atoms with van der Waals surface area (Å²) in [6, 6.07) is 24.6. The van der Waals surface area contributed by atoms with E-state index < -0.39 is 0 Å². The van der Waals surface area contributed by atoms with Crippen LogP contribution >= 0.6 is 22.9 Å². The standard InChI is InChI=1S/C32H32ClFN4OS/c33-28-10-4-8-27(20-28)22-37(21-26-11-13-29(34)14-12-26)23-31-35-30(24-40-31)32(39)38-18-16-36(17-19-38)15-5-9-25-6-2-1-3-7-25/h1-14,20,24H,15-19,21-23H2. The second kappa shape index (κ2) is 13.8. The molecule has 3 aromatic carbocycles. The Bertz CT molecular complexity index is 1420. The molecule has 1 fully saturated rings. The van der Waals surface area contributed by atoms with Crippen LogP contribution in [0.2, 0.25) is 5.02 Å². The van der Waals surface area contributed by atoms with Gasteiger partial charge in [-0.05, 0) is 41.0 Å². The second-order valence-electron chi connectivity index (χ2n) is 9.93. The zero-order chi connectivity index (χ0) is 27.7. The molecule has 5 nitrogen and oxygen atoms in total. The van der Waals surface area contributed by atoms with Crippen molar-refractivity contribution in [2.75, 3.05) is 32.7 Å². The molecule has 0 bridgehead atoms. The number of piperazine rings is 1. The lowest BCUT2D eigenvalue weighted by molar-refractivity contribution is 0.0645. The molecule has 8 heteroatoms. The third-order valence-corrected chi connectivity index (χ3v) is 7.95. The maximum absolute atomic E-state index is 13.5. The molecular formula is C32H32ClFN4OS. The summed E-state index contributed by atoms with van der Waals surface area (Å²) in [6.07, 6.45) is 4.32. The molecule has 0 unspecified atom stereocenters. The van der Waals surface area contributed by atoms with Crippen LogP contribution in [-0.4, -0.2) is 58.3 Å². The third kappa shape index (κ3) is 8.08. The monoisotopic (exact) mass is 574 g/mol. The van der Waals surface area contributed by atoms with Crippen molar-refractivity contribution >= 4 is 34.9 Å². The van der Waals surface area contributed by atoms with Crippen LogP contribution in [0.5, 0.6) is 0 Å². The highest BCUT2D eigenvalue weighted by molar-refractivity contribution is 7.09. The predicted octanol–water partition coefficient (Wildman–Crippen LogP) is 6.61. The Balaban J connectivity index is 1.17. The molecule has 1 aliphatic heterocycles. The van der Waals surface area contributed by atoms with Gasteiger partial charge in [0, 0.05) is 56.2 Å². The van der Waals surface area contributed by atoms with Crippen molar-refractivity contribution in [1.29, 1.82) is 0 Å². The van der Waals surface area contributed by atoms with E-state index in [-0.39, 0.29) is 11.7 Å². The number of rotatable bonds is 10. The molecular weight excluding hydrogens is 543 g/mol. The molecule has 5 rings (SSSR count). The molecule has 2 heterocycles. The number of amides is 1. The highest BCUT2D eigenvalue weighted by Crippen LogP contribution is 2.20. The van der Waals surface area contributed by atoms with Gasteiger partial charge in [0.05, 0.1) is 6.54 Å². The predicted molar refractivity (Wildman–Crippen MR) is 161 cm³/mol. The molecule has 1 amide bonds. The largest absolute Gasteiger partial charge is 0.335 e.